The molecule has 0 aliphatic heterocycles. The van der Waals surface area contributed by atoms with Gasteiger partial charge in [-0.25, -0.2) is 9.59 Å². The molecular formula is C18H29N3O5. The summed E-state index contributed by atoms with van der Waals surface area (Å²) in [5.41, 5.74) is 0.600. The van der Waals surface area contributed by atoms with Gasteiger partial charge in [0.25, 0.3) is 0 Å². The van der Waals surface area contributed by atoms with Gasteiger partial charge in [-0.05, 0) is 33.6 Å². The highest BCUT2D eigenvalue weighted by molar-refractivity contribution is 5.91. The van der Waals surface area contributed by atoms with Gasteiger partial charge in [0.15, 0.2) is 0 Å². The molecule has 0 bridgehead atoms. The van der Waals surface area contributed by atoms with Crippen molar-refractivity contribution in [3.8, 4) is 0 Å². The topological polar surface area (TPSA) is 110 Å². The molecule has 0 saturated heterocycles. The van der Waals surface area contributed by atoms with Crippen LogP contribution in [0.2, 0.25) is 0 Å². The lowest BCUT2D eigenvalue weighted by Crippen LogP contribution is -2.33. The summed E-state index contributed by atoms with van der Waals surface area (Å²) in [6, 6.07) is 0. The fourth-order valence-electron chi connectivity index (χ4n) is 2.22. The molecule has 1 rings (SSSR count). The Hall–Kier alpha value is -2.51. The third kappa shape index (κ3) is 8.55. The number of methoxy groups -OCH3 is 1. The lowest BCUT2D eigenvalue weighted by molar-refractivity contribution is -0.121. The van der Waals surface area contributed by atoms with Gasteiger partial charge in [0.1, 0.15) is 5.60 Å². The number of rotatable bonds is 9. The molecule has 2 amide bonds. The second kappa shape index (κ2) is 10.5. The van der Waals surface area contributed by atoms with Crippen LogP contribution in [0.25, 0.3) is 0 Å². The van der Waals surface area contributed by atoms with Gasteiger partial charge in [-0.3, -0.25) is 4.79 Å². The average Bonchev–Trinajstić information content (AvgIpc) is 3.02. The van der Waals surface area contributed by atoms with Crippen molar-refractivity contribution in [1.29, 1.82) is 0 Å². The zero-order chi connectivity index (χ0) is 19.6. The molecule has 0 spiro atoms. The fourth-order valence-corrected chi connectivity index (χ4v) is 2.22. The number of amides is 2. The first-order valence-electron chi connectivity index (χ1n) is 8.70. The molecule has 1 aromatic rings. The van der Waals surface area contributed by atoms with Crippen LogP contribution < -0.4 is 10.6 Å². The Bertz CT molecular complexity index is 604. The molecule has 8 nitrogen and oxygen atoms in total. The van der Waals surface area contributed by atoms with E-state index in [1.807, 2.05) is 20.8 Å². The molecule has 3 N–H and O–H groups in total. The van der Waals surface area contributed by atoms with Crippen molar-refractivity contribution in [3.05, 3.63) is 23.5 Å². The van der Waals surface area contributed by atoms with Crippen LogP contribution in [0.15, 0.2) is 12.4 Å². The molecule has 1 aromatic heterocycles. The third-order valence-electron chi connectivity index (χ3n) is 3.46. The number of H-pyrrole nitrogens is 1. The summed E-state index contributed by atoms with van der Waals surface area (Å²) in [4.78, 5) is 37.7. The molecule has 146 valence electrons. The molecule has 1 heterocycles. The van der Waals surface area contributed by atoms with E-state index in [4.69, 9.17) is 4.74 Å². The van der Waals surface area contributed by atoms with Crippen LogP contribution >= 0.6 is 0 Å². The van der Waals surface area contributed by atoms with Gasteiger partial charge >= 0.3 is 12.1 Å². The molecular weight excluding hydrogens is 338 g/mol. The first-order chi connectivity index (χ1) is 12.2. The Kier molecular flexibility index (Phi) is 8.67. The number of hydrogen-bond acceptors (Lipinski definition) is 5. The molecule has 26 heavy (non-hydrogen) atoms. The summed E-state index contributed by atoms with van der Waals surface area (Å²) in [6.07, 6.45) is 5.49. The second-order valence-corrected chi connectivity index (χ2v) is 6.90. The summed E-state index contributed by atoms with van der Waals surface area (Å²) in [7, 11) is 1.31. The Labute approximate surface area is 154 Å². The molecule has 0 atom stereocenters. The van der Waals surface area contributed by atoms with E-state index in [2.05, 4.69) is 20.4 Å². The predicted molar refractivity (Wildman–Crippen MR) is 96.7 cm³/mol. The number of carbonyl (C=O) groups excluding carboxylic acids is 3. The van der Waals surface area contributed by atoms with Crippen LogP contribution in [0.4, 0.5) is 4.79 Å². The first-order valence-corrected chi connectivity index (χ1v) is 8.70. The van der Waals surface area contributed by atoms with Crippen LogP contribution in [0, 0.1) is 0 Å². The number of aromatic amines is 1. The van der Waals surface area contributed by atoms with E-state index in [9.17, 15) is 14.4 Å². The minimum Gasteiger partial charge on any atom is -0.465 e. The number of hydrogen-bond donors (Lipinski definition) is 3. The van der Waals surface area contributed by atoms with Crippen molar-refractivity contribution in [3.63, 3.8) is 0 Å². The van der Waals surface area contributed by atoms with E-state index in [0.29, 0.717) is 24.1 Å². The quantitative estimate of drug-likeness (QED) is 0.459. The Balaban J connectivity index is 2.13. The average molecular weight is 367 g/mol. The normalized spacial score (nSPS) is 10.9. The second-order valence-electron chi connectivity index (χ2n) is 6.90. The van der Waals surface area contributed by atoms with Gasteiger partial charge in [0, 0.05) is 37.5 Å². The number of unbranched alkanes of at least 4 members (excludes halogenated alkanes) is 2. The van der Waals surface area contributed by atoms with E-state index >= 15 is 0 Å². The van der Waals surface area contributed by atoms with E-state index in [-0.39, 0.29) is 12.5 Å². The summed E-state index contributed by atoms with van der Waals surface area (Å²) in [6.45, 7) is 6.22. The standard InChI is InChI=1S/C18H29N3O5/c1-18(2,3)26-17(24)20-9-7-5-6-8-15(22)21-11-13-10-19-12-14(13)16(23)25-4/h10,12,19H,5-9,11H2,1-4H3,(H,20,24)(H,21,22). The molecule has 0 aliphatic rings. The van der Waals surface area contributed by atoms with Crippen molar-refractivity contribution < 1.29 is 23.9 Å². The van der Waals surface area contributed by atoms with Crippen LogP contribution in [0.5, 0.6) is 0 Å². The van der Waals surface area contributed by atoms with Gasteiger partial charge in [0.05, 0.1) is 12.7 Å². The van der Waals surface area contributed by atoms with Crippen LogP contribution in [0.3, 0.4) is 0 Å². The minimum atomic E-state index is -0.505. The smallest absolute Gasteiger partial charge is 0.407 e. The van der Waals surface area contributed by atoms with E-state index in [1.165, 1.54) is 7.11 Å². The number of nitrogens with one attached hydrogen (secondary N) is 3. The molecule has 0 aliphatic carbocycles. The van der Waals surface area contributed by atoms with Crippen molar-refractivity contribution in [1.82, 2.24) is 15.6 Å². The van der Waals surface area contributed by atoms with E-state index in [1.54, 1.807) is 12.4 Å². The summed E-state index contributed by atoms with van der Waals surface area (Å²) in [5.74, 6) is -0.518. The third-order valence-corrected chi connectivity index (χ3v) is 3.46. The highest BCUT2D eigenvalue weighted by Crippen LogP contribution is 2.09. The Morgan fingerprint density at radius 1 is 1.08 bits per heavy atom. The lowest BCUT2D eigenvalue weighted by atomic mass is 10.1. The Morgan fingerprint density at radius 3 is 2.46 bits per heavy atom. The molecule has 0 unspecified atom stereocenters. The number of aromatic nitrogens is 1. The zero-order valence-corrected chi connectivity index (χ0v) is 15.9. The van der Waals surface area contributed by atoms with Gasteiger partial charge in [-0.1, -0.05) is 6.42 Å². The zero-order valence-electron chi connectivity index (χ0n) is 15.9. The fraction of sp³-hybridized carbons (Fsp3) is 0.611. The molecule has 0 fully saturated rings. The molecule has 0 saturated carbocycles. The van der Waals surface area contributed by atoms with Gasteiger partial charge < -0.3 is 25.1 Å². The van der Waals surface area contributed by atoms with E-state index in [0.717, 1.165) is 19.3 Å². The number of carbonyl (C=O) groups is 3. The molecule has 0 aromatic carbocycles. The van der Waals surface area contributed by atoms with Crippen molar-refractivity contribution in [2.45, 2.75) is 58.6 Å². The van der Waals surface area contributed by atoms with Crippen LogP contribution in [0.1, 0.15) is 62.4 Å². The monoisotopic (exact) mass is 367 g/mol. The number of esters is 1. The molecule has 8 heteroatoms. The summed E-state index contributed by atoms with van der Waals surface area (Å²) >= 11 is 0. The number of alkyl carbamates (subject to hydrolysis) is 1. The van der Waals surface area contributed by atoms with Gasteiger partial charge in [0.2, 0.25) is 5.91 Å². The molecule has 0 radical (unpaired) electrons. The van der Waals surface area contributed by atoms with E-state index < -0.39 is 17.7 Å². The first kappa shape index (κ1) is 21.5. The predicted octanol–water partition coefficient (Wildman–Crippen LogP) is 2.50. The maximum absolute atomic E-state index is 11.9. The minimum absolute atomic E-state index is 0.0814. The lowest BCUT2D eigenvalue weighted by Gasteiger charge is -2.19. The summed E-state index contributed by atoms with van der Waals surface area (Å²) < 4.78 is 9.81. The highest BCUT2D eigenvalue weighted by Gasteiger charge is 2.15. The van der Waals surface area contributed by atoms with Crippen molar-refractivity contribution >= 4 is 18.0 Å². The van der Waals surface area contributed by atoms with Gasteiger partial charge in [-0.2, -0.15) is 0 Å². The van der Waals surface area contributed by atoms with Crippen LogP contribution in [-0.4, -0.2) is 42.2 Å². The van der Waals surface area contributed by atoms with Crippen molar-refractivity contribution in [2.24, 2.45) is 0 Å². The van der Waals surface area contributed by atoms with Crippen LogP contribution in [-0.2, 0) is 20.8 Å². The maximum atomic E-state index is 11.9. The Morgan fingerprint density at radius 2 is 1.81 bits per heavy atom. The highest BCUT2D eigenvalue weighted by atomic mass is 16.6. The largest absolute Gasteiger partial charge is 0.465 e. The maximum Gasteiger partial charge on any atom is 0.407 e. The van der Waals surface area contributed by atoms with Crippen molar-refractivity contribution in [2.75, 3.05) is 13.7 Å². The SMILES string of the molecule is COC(=O)c1c[nH]cc1CNC(=O)CCCCCNC(=O)OC(C)(C)C. The summed E-state index contributed by atoms with van der Waals surface area (Å²) in [5, 5.41) is 5.47. The number of ether oxygens (including phenoxy) is 2. The van der Waals surface area contributed by atoms with Gasteiger partial charge in [-0.15, -0.1) is 0 Å².